The van der Waals surface area contributed by atoms with Crippen LogP contribution in [0.1, 0.15) is 50.1 Å². The number of ketones is 1. The molecular weight excluding hydrogens is 224 g/mol. The Kier molecular flexibility index (Phi) is 4.19. The number of furan rings is 1. The Balaban J connectivity index is 2.21. The highest BCUT2D eigenvalue weighted by molar-refractivity contribution is 5.98. The second-order valence-corrected chi connectivity index (χ2v) is 4.76. The monoisotopic (exact) mass is 244 g/mol. The van der Waals surface area contributed by atoms with Crippen LogP contribution < -0.4 is 0 Å². The molecule has 2 heteroatoms. The fourth-order valence-electron chi connectivity index (χ4n) is 2.28. The summed E-state index contributed by atoms with van der Waals surface area (Å²) in [6, 6.07) is 9.63. The third-order valence-corrected chi connectivity index (χ3v) is 3.44. The van der Waals surface area contributed by atoms with Gasteiger partial charge in [0.15, 0.2) is 5.76 Å². The first-order valence-electron chi connectivity index (χ1n) is 6.79. The van der Waals surface area contributed by atoms with Crippen molar-refractivity contribution in [3.8, 4) is 0 Å². The highest BCUT2D eigenvalue weighted by Gasteiger charge is 2.21. The number of carbonyl (C=O) groups excluding carboxylic acids is 1. The van der Waals surface area contributed by atoms with Crippen LogP contribution in [-0.4, -0.2) is 5.78 Å². The first-order valence-corrected chi connectivity index (χ1v) is 6.79. The molecule has 0 N–H and O–H groups in total. The summed E-state index contributed by atoms with van der Waals surface area (Å²) < 4.78 is 5.64. The first kappa shape index (κ1) is 12.9. The van der Waals surface area contributed by atoms with Crippen molar-refractivity contribution in [1.82, 2.24) is 0 Å². The quantitative estimate of drug-likeness (QED) is 0.681. The van der Waals surface area contributed by atoms with Crippen molar-refractivity contribution in [2.75, 3.05) is 0 Å². The van der Waals surface area contributed by atoms with E-state index in [1.807, 2.05) is 30.3 Å². The summed E-state index contributed by atoms with van der Waals surface area (Å²) in [5.74, 6) is 0.770. The summed E-state index contributed by atoms with van der Waals surface area (Å²) in [7, 11) is 0. The molecular formula is C16H20O2. The maximum Gasteiger partial charge on any atom is 0.201 e. The lowest BCUT2D eigenvalue weighted by Gasteiger charge is -2.10. The van der Waals surface area contributed by atoms with E-state index in [1.165, 1.54) is 0 Å². The minimum absolute atomic E-state index is 0.102. The Hall–Kier alpha value is -1.57. The predicted molar refractivity (Wildman–Crippen MR) is 73.9 cm³/mol. The highest BCUT2D eigenvalue weighted by atomic mass is 16.3. The Labute approximate surface area is 108 Å². The third kappa shape index (κ3) is 2.63. The zero-order valence-electron chi connectivity index (χ0n) is 11.1. The molecule has 96 valence electrons. The van der Waals surface area contributed by atoms with Gasteiger partial charge in [0, 0.05) is 11.3 Å². The highest BCUT2D eigenvalue weighted by Crippen LogP contribution is 2.24. The topological polar surface area (TPSA) is 30.2 Å². The van der Waals surface area contributed by atoms with E-state index in [0.717, 1.165) is 36.7 Å². The van der Waals surface area contributed by atoms with Crippen molar-refractivity contribution in [1.29, 1.82) is 0 Å². The van der Waals surface area contributed by atoms with Crippen LogP contribution in [0.15, 0.2) is 34.7 Å². The van der Waals surface area contributed by atoms with Crippen molar-refractivity contribution < 1.29 is 9.21 Å². The number of Topliss-reactive ketones (excluding diaryl/α,β-unsaturated/α-hetero) is 1. The Morgan fingerprint density at radius 1 is 1.28 bits per heavy atom. The van der Waals surface area contributed by atoms with Gasteiger partial charge in [0.05, 0.1) is 0 Å². The van der Waals surface area contributed by atoms with E-state index in [1.54, 1.807) is 0 Å². The van der Waals surface area contributed by atoms with Gasteiger partial charge in [0.2, 0.25) is 5.78 Å². The van der Waals surface area contributed by atoms with Crippen LogP contribution >= 0.6 is 0 Å². The second-order valence-electron chi connectivity index (χ2n) is 4.76. The maximum absolute atomic E-state index is 12.4. The smallest absolute Gasteiger partial charge is 0.201 e. The Morgan fingerprint density at radius 2 is 2.06 bits per heavy atom. The molecule has 0 saturated heterocycles. The Bertz CT molecular complexity index is 492. The molecule has 0 radical (unpaired) electrons. The lowest BCUT2D eigenvalue weighted by molar-refractivity contribution is 0.0882. The van der Waals surface area contributed by atoms with Gasteiger partial charge in [-0.05, 0) is 25.0 Å². The molecule has 0 aliphatic heterocycles. The van der Waals surface area contributed by atoms with Crippen LogP contribution in [0.5, 0.6) is 0 Å². The van der Waals surface area contributed by atoms with Crippen molar-refractivity contribution in [3.63, 3.8) is 0 Å². The van der Waals surface area contributed by atoms with Crippen molar-refractivity contribution in [2.24, 2.45) is 5.92 Å². The van der Waals surface area contributed by atoms with Gasteiger partial charge in [-0.15, -0.1) is 0 Å². The molecule has 0 spiro atoms. The van der Waals surface area contributed by atoms with Crippen LogP contribution in [-0.2, 0) is 0 Å². The molecule has 2 aromatic rings. The zero-order valence-corrected chi connectivity index (χ0v) is 11.1. The number of hydrogen-bond donors (Lipinski definition) is 0. The number of carbonyl (C=O) groups is 1. The largest absolute Gasteiger partial charge is 0.453 e. The molecule has 1 unspecified atom stereocenters. The van der Waals surface area contributed by atoms with Crippen LogP contribution in [0.3, 0.4) is 0 Å². The van der Waals surface area contributed by atoms with Gasteiger partial charge in [-0.2, -0.15) is 0 Å². The first-order chi connectivity index (χ1) is 8.76. The van der Waals surface area contributed by atoms with Gasteiger partial charge in [0.1, 0.15) is 5.58 Å². The SMILES string of the molecule is CCCCC(CC)C(=O)c1cc2ccccc2o1. The van der Waals surface area contributed by atoms with Crippen LogP contribution in [0.2, 0.25) is 0 Å². The molecule has 0 aliphatic rings. The van der Waals surface area contributed by atoms with E-state index in [9.17, 15) is 4.79 Å². The molecule has 1 heterocycles. The predicted octanol–water partition coefficient (Wildman–Crippen LogP) is 4.83. The third-order valence-electron chi connectivity index (χ3n) is 3.44. The van der Waals surface area contributed by atoms with E-state index in [4.69, 9.17) is 4.42 Å². The van der Waals surface area contributed by atoms with E-state index in [-0.39, 0.29) is 11.7 Å². The number of hydrogen-bond acceptors (Lipinski definition) is 2. The number of rotatable bonds is 6. The van der Waals surface area contributed by atoms with Gasteiger partial charge < -0.3 is 4.42 Å². The standard InChI is InChI=1S/C16H20O2/c1-3-5-8-12(4-2)16(17)15-11-13-9-6-7-10-14(13)18-15/h6-7,9-12H,3-5,8H2,1-2H3. The van der Waals surface area contributed by atoms with Crippen LogP contribution in [0, 0.1) is 5.92 Å². The molecule has 1 aromatic heterocycles. The van der Waals surface area contributed by atoms with Crippen molar-refractivity contribution in [3.05, 3.63) is 36.1 Å². The molecule has 0 saturated carbocycles. The van der Waals surface area contributed by atoms with Gasteiger partial charge in [0.25, 0.3) is 0 Å². The molecule has 1 atom stereocenters. The van der Waals surface area contributed by atoms with Gasteiger partial charge in [-0.1, -0.05) is 44.9 Å². The maximum atomic E-state index is 12.4. The van der Waals surface area contributed by atoms with Crippen LogP contribution in [0.25, 0.3) is 11.0 Å². The van der Waals surface area contributed by atoms with Gasteiger partial charge >= 0.3 is 0 Å². The number of fused-ring (bicyclic) bond motifs is 1. The van der Waals surface area contributed by atoms with Crippen LogP contribution in [0.4, 0.5) is 0 Å². The number of benzene rings is 1. The molecule has 18 heavy (non-hydrogen) atoms. The molecule has 0 bridgehead atoms. The van der Waals surface area contributed by atoms with Crippen molar-refractivity contribution >= 4 is 16.8 Å². The summed E-state index contributed by atoms with van der Waals surface area (Å²) in [4.78, 5) is 12.4. The minimum atomic E-state index is 0.102. The molecule has 0 aliphatic carbocycles. The van der Waals surface area contributed by atoms with E-state index in [2.05, 4.69) is 13.8 Å². The normalized spacial score (nSPS) is 12.8. The summed E-state index contributed by atoms with van der Waals surface area (Å²) in [6.45, 7) is 4.22. The second kappa shape index (κ2) is 5.85. The fraction of sp³-hybridized carbons (Fsp3) is 0.438. The van der Waals surface area contributed by atoms with E-state index in [0.29, 0.717) is 5.76 Å². The Morgan fingerprint density at radius 3 is 2.72 bits per heavy atom. The average molecular weight is 244 g/mol. The van der Waals surface area contributed by atoms with Crippen molar-refractivity contribution in [2.45, 2.75) is 39.5 Å². The minimum Gasteiger partial charge on any atom is -0.453 e. The van der Waals surface area contributed by atoms with Gasteiger partial charge in [-0.3, -0.25) is 4.79 Å². The summed E-state index contributed by atoms with van der Waals surface area (Å²) in [6.07, 6.45) is 4.08. The average Bonchev–Trinajstić information content (AvgIpc) is 2.83. The molecule has 2 nitrogen and oxygen atoms in total. The van der Waals surface area contributed by atoms with Gasteiger partial charge in [-0.25, -0.2) is 0 Å². The summed E-state index contributed by atoms with van der Waals surface area (Å²) in [5.41, 5.74) is 0.797. The molecule has 0 amide bonds. The number of para-hydroxylation sites is 1. The summed E-state index contributed by atoms with van der Waals surface area (Å²) in [5, 5.41) is 1.01. The fourth-order valence-corrected chi connectivity index (χ4v) is 2.28. The summed E-state index contributed by atoms with van der Waals surface area (Å²) >= 11 is 0. The molecule has 0 fully saturated rings. The van der Waals surface area contributed by atoms with E-state index < -0.39 is 0 Å². The lowest BCUT2D eigenvalue weighted by Crippen LogP contribution is -2.13. The number of unbranched alkanes of at least 4 members (excludes halogenated alkanes) is 1. The molecule has 1 aromatic carbocycles. The lowest BCUT2D eigenvalue weighted by atomic mass is 9.93. The van der Waals surface area contributed by atoms with E-state index >= 15 is 0 Å². The molecule has 2 rings (SSSR count). The zero-order chi connectivity index (χ0) is 13.0.